The number of fused-ring (bicyclic) bond motifs is 1. The van der Waals surface area contributed by atoms with Gasteiger partial charge in [-0.2, -0.15) is 0 Å². The first kappa shape index (κ1) is 16.2. The van der Waals surface area contributed by atoms with E-state index in [-0.39, 0.29) is 11.9 Å². The number of aromatic amines is 1. The highest BCUT2D eigenvalue weighted by atomic mass is 19.1. The number of benzene rings is 1. The van der Waals surface area contributed by atoms with E-state index in [1.165, 1.54) is 11.6 Å². The molecule has 130 valence electrons. The molecule has 0 unspecified atom stereocenters. The fourth-order valence-corrected chi connectivity index (χ4v) is 3.34. The summed E-state index contributed by atoms with van der Waals surface area (Å²) >= 11 is 0. The molecule has 0 bridgehead atoms. The van der Waals surface area contributed by atoms with Gasteiger partial charge in [0.1, 0.15) is 17.8 Å². The van der Waals surface area contributed by atoms with E-state index in [1.807, 2.05) is 18.5 Å². The molecule has 1 fully saturated rings. The van der Waals surface area contributed by atoms with Crippen LogP contribution in [-0.2, 0) is 17.9 Å². The molecule has 25 heavy (non-hydrogen) atoms. The maximum absolute atomic E-state index is 13.6. The number of rotatable bonds is 5. The summed E-state index contributed by atoms with van der Waals surface area (Å²) in [7, 11) is 0. The van der Waals surface area contributed by atoms with Crippen molar-refractivity contribution in [1.82, 2.24) is 19.9 Å². The Labute approximate surface area is 145 Å². The van der Waals surface area contributed by atoms with Gasteiger partial charge in [-0.05, 0) is 24.5 Å². The van der Waals surface area contributed by atoms with Gasteiger partial charge in [-0.15, -0.1) is 0 Å². The molecular formula is C19H21FN4O. The van der Waals surface area contributed by atoms with Crippen LogP contribution in [0, 0.1) is 5.82 Å². The SMILES string of the molecule is Fc1ccccc1COC1CCN(Cc2c[nH]c3ncncc23)CC1. The number of nitrogens with one attached hydrogen (secondary N) is 1. The lowest BCUT2D eigenvalue weighted by Gasteiger charge is -2.31. The predicted octanol–water partition coefficient (Wildman–Crippen LogP) is 3.28. The Morgan fingerprint density at radius 1 is 1.20 bits per heavy atom. The molecule has 1 saturated heterocycles. The molecule has 4 rings (SSSR count). The van der Waals surface area contributed by atoms with Crippen molar-refractivity contribution in [3.8, 4) is 0 Å². The Morgan fingerprint density at radius 2 is 2.04 bits per heavy atom. The van der Waals surface area contributed by atoms with Crippen molar-refractivity contribution in [2.45, 2.75) is 32.1 Å². The molecule has 0 amide bonds. The molecular weight excluding hydrogens is 319 g/mol. The second kappa shape index (κ2) is 7.29. The van der Waals surface area contributed by atoms with E-state index in [2.05, 4.69) is 19.9 Å². The van der Waals surface area contributed by atoms with Crippen LogP contribution in [-0.4, -0.2) is 39.0 Å². The van der Waals surface area contributed by atoms with Crippen LogP contribution >= 0.6 is 0 Å². The van der Waals surface area contributed by atoms with Gasteiger partial charge >= 0.3 is 0 Å². The third-order valence-corrected chi connectivity index (χ3v) is 4.80. The summed E-state index contributed by atoms with van der Waals surface area (Å²) in [5, 5.41) is 1.08. The molecule has 3 heterocycles. The zero-order valence-electron chi connectivity index (χ0n) is 14.0. The number of piperidine rings is 1. The molecule has 2 aromatic heterocycles. The van der Waals surface area contributed by atoms with E-state index in [4.69, 9.17) is 4.74 Å². The molecule has 1 aliphatic rings. The van der Waals surface area contributed by atoms with Gasteiger partial charge in [-0.3, -0.25) is 4.90 Å². The number of H-pyrrole nitrogens is 1. The standard InChI is InChI=1S/C19H21FN4O/c20-18-4-2-1-3-14(18)12-25-16-5-7-24(8-6-16)11-15-9-22-19-17(15)10-21-13-23-19/h1-4,9-10,13,16H,5-8,11-12H2,(H,21,22,23). The van der Waals surface area contributed by atoms with Crippen LogP contribution < -0.4 is 0 Å². The van der Waals surface area contributed by atoms with Crippen molar-refractivity contribution in [1.29, 1.82) is 0 Å². The van der Waals surface area contributed by atoms with E-state index in [0.717, 1.165) is 43.5 Å². The Bertz CT molecular complexity index is 842. The van der Waals surface area contributed by atoms with Crippen molar-refractivity contribution in [3.05, 3.63) is 59.9 Å². The van der Waals surface area contributed by atoms with Crippen LogP contribution in [0.4, 0.5) is 4.39 Å². The van der Waals surface area contributed by atoms with Crippen molar-refractivity contribution in [2.75, 3.05) is 13.1 Å². The number of halogens is 1. The van der Waals surface area contributed by atoms with Crippen LogP contribution in [0.5, 0.6) is 0 Å². The quantitative estimate of drug-likeness (QED) is 0.774. The lowest BCUT2D eigenvalue weighted by Crippen LogP contribution is -2.36. The van der Waals surface area contributed by atoms with Crippen LogP contribution in [0.2, 0.25) is 0 Å². The van der Waals surface area contributed by atoms with Gasteiger partial charge in [0, 0.05) is 43.0 Å². The van der Waals surface area contributed by atoms with E-state index < -0.39 is 0 Å². The van der Waals surface area contributed by atoms with E-state index in [9.17, 15) is 4.39 Å². The van der Waals surface area contributed by atoms with Crippen molar-refractivity contribution >= 4 is 11.0 Å². The highest BCUT2D eigenvalue weighted by molar-refractivity contribution is 5.78. The van der Waals surface area contributed by atoms with Crippen LogP contribution in [0.1, 0.15) is 24.0 Å². The van der Waals surface area contributed by atoms with E-state index in [1.54, 1.807) is 18.5 Å². The maximum Gasteiger partial charge on any atom is 0.140 e. The predicted molar refractivity (Wildman–Crippen MR) is 93.4 cm³/mol. The Morgan fingerprint density at radius 3 is 2.88 bits per heavy atom. The molecule has 1 aromatic carbocycles. The van der Waals surface area contributed by atoms with Gasteiger partial charge in [-0.25, -0.2) is 14.4 Å². The Balaban J connectivity index is 1.29. The summed E-state index contributed by atoms with van der Waals surface area (Å²) in [5.41, 5.74) is 2.73. The number of ether oxygens (including phenoxy) is 1. The Kier molecular flexibility index (Phi) is 4.72. The lowest BCUT2D eigenvalue weighted by atomic mass is 10.1. The summed E-state index contributed by atoms with van der Waals surface area (Å²) in [6, 6.07) is 6.80. The highest BCUT2D eigenvalue weighted by Gasteiger charge is 2.21. The largest absolute Gasteiger partial charge is 0.373 e. The normalized spacial score (nSPS) is 16.5. The smallest absolute Gasteiger partial charge is 0.140 e. The third-order valence-electron chi connectivity index (χ3n) is 4.80. The minimum atomic E-state index is -0.193. The van der Waals surface area contributed by atoms with Crippen LogP contribution in [0.25, 0.3) is 11.0 Å². The van der Waals surface area contributed by atoms with Gasteiger partial charge in [0.2, 0.25) is 0 Å². The summed E-state index contributed by atoms with van der Waals surface area (Å²) in [6.45, 7) is 3.18. The number of hydrogen-bond donors (Lipinski definition) is 1. The molecule has 3 aromatic rings. The molecule has 0 spiro atoms. The molecule has 0 saturated carbocycles. The molecule has 0 aliphatic carbocycles. The zero-order valence-corrected chi connectivity index (χ0v) is 14.0. The monoisotopic (exact) mass is 340 g/mol. The average molecular weight is 340 g/mol. The molecule has 0 atom stereocenters. The summed E-state index contributed by atoms with van der Waals surface area (Å²) in [4.78, 5) is 13.9. The molecule has 6 heteroatoms. The fraction of sp³-hybridized carbons (Fsp3) is 0.368. The number of nitrogens with zero attached hydrogens (tertiary/aromatic N) is 3. The first-order valence-corrected chi connectivity index (χ1v) is 8.63. The fourth-order valence-electron chi connectivity index (χ4n) is 3.34. The van der Waals surface area contributed by atoms with Gasteiger partial charge in [0.25, 0.3) is 0 Å². The third kappa shape index (κ3) is 3.70. The van der Waals surface area contributed by atoms with Crippen LogP contribution in [0.15, 0.2) is 43.0 Å². The molecule has 5 nitrogen and oxygen atoms in total. The maximum atomic E-state index is 13.6. The minimum Gasteiger partial charge on any atom is -0.373 e. The van der Waals surface area contributed by atoms with E-state index in [0.29, 0.717) is 12.2 Å². The summed E-state index contributed by atoms with van der Waals surface area (Å²) < 4.78 is 19.6. The molecule has 1 N–H and O–H groups in total. The second-order valence-corrected chi connectivity index (χ2v) is 6.48. The van der Waals surface area contributed by atoms with Crippen LogP contribution in [0.3, 0.4) is 0 Å². The second-order valence-electron chi connectivity index (χ2n) is 6.48. The van der Waals surface area contributed by atoms with Crippen molar-refractivity contribution in [3.63, 3.8) is 0 Å². The number of aromatic nitrogens is 3. The zero-order chi connectivity index (χ0) is 17.1. The topological polar surface area (TPSA) is 54.0 Å². The first-order chi connectivity index (χ1) is 12.3. The van der Waals surface area contributed by atoms with Crippen molar-refractivity contribution in [2.24, 2.45) is 0 Å². The minimum absolute atomic E-state index is 0.193. The van der Waals surface area contributed by atoms with Gasteiger partial charge < -0.3 is 9.72 Å². The highest BCUT2D eigenvalue weighted by Crippen LogP contribution is 2.21. The van der Waals surface area contributed by atoms with Gasteiger partial charge in [0.15, 0.2) is 0 Å². The summed E-state index contributed by atoms with van der Waals surface area (Å²) in [6.07, 6.45) is 7.56. The van der Waals surface area contributed by atoms with Gasteiger partial charge in [-0.1, -0.05) is 18.2 Å². The number of hydrogen-bond acceptors (Lipinski definition) is 4. The van der Waals surface area contributed by atoms with Crippen molar-refractivity contribution < 1.29 is 9.13 Å². The Hall–Kier alpha value is -2.31. The van der Waals surface area contributed by atoms with E-state index >= 15 is 0 Å². The first-order valence-electron chi connectivity index (χ1n) is 8.63. The summed E-state index contributed by atoms with van der Waals surface area (Å²) in [5.74, 6) is -0.193. The molecule has 1 aliphatic heterocycles. The number of likely N-dealkylation sites (tertiary alicyclic amines) is 1. The average Bonchev–Trinajstić information content (AvgIpc) is 3.05. The van der Waals surface area contributed by atoms with Gasteiger partial charge in [0.05, 0.1) is 12.7 Å². The molecule has 0 radical (unpaired) electrons. The lowest BCUT2D eigenvalue weighted by molar-refractivity contribution is -0.00487.